The van der Waals surface area contributed by atoms with Crippen molar-refractivity contribution in [1.29, 1.82) is 0 Å². The molecule has 0 unspecified atom stereocenters. The number of pyridine rings is 1. The topological polar surface area (TPSA) is 52.9 Å². The summed E-state index contributed by atoms with van der Waals surface area (Å²) in [5, 5.41) is 3.80. The van der Waals surface area contributed by atoms with E-state index in [1.807, 2.05) is 30.0 Å². The minimum atomic E-state index is 0.234. The van der Waals surface area contributed by atoms with Crippen LogP contribution in [0.4, 0.5) is 5.82 Å². The summed E-state index contributed by atoms with van der Waals surface area (Å²) >= 11 is 0. The number of piperidine rings is 1. The molecule has 1 N–H and O–H groups in total. The highest BCUT2D eigenvalue weighted by Crippen LogP contribution is 2.35. The van der Waals surface area contributed by atoms with Crippen LogP contribution in [0.15, 0.2) is 24.4 Å². The van der Waals surface area contributed by atoms with E-state index < -0.39 is 0 Å². The zero-order valence-electron chi connectivity index (χ0n) is 16.5. The quantitative estimate of drug-likeness (QED) is 0.880. The van der Waals surface area contributed by atoms with Crippen LogP contribution in [-0.4, -0.2) is 64.9 Å². The Kier molecular flexibility index (Phi) is 5.34. The molecule has 2 fully saturated rings. The van der Waals surface area contributed by atoms with E-state index in [4.69, 9.17) is 4.98 Å². The van der Waals surface area contributed by atoms with Gasteiger partial charge in [-0.25, -0.2) is 4.98 Å². The van der Waals surface area contributed by atoms with Gasteiger partial charge in [-0.2, -0.15) is 0 Å². The molecule has 0 spiro atoms. The molecule has 1 aliphatic carbocycles. The molecular weight excluding hydrogens is 338 g/mol. The van der Waals surface area contributed by atoms with Crippen LogP contribution < -0.4 is 5.32 Å². The molecule has 1 aliphatic heterocycles. The predicted molar refractivity (Wildman–Crippen MR) is 108 cm³/mol. The van der Waals surface area contributed by atoms with Crippen LogP contribution in [0.25, 0.3) is 5.65 Å². The largest absolute Gasteiger partial charge is 0.367 e. The molecular formula is C21H31N5O. The van der Waals surface area contributed by atoms with E-state index in [-0.39, 0.29) is 5.91 Å². The molecule has 146 valence electrons. The fourth-order valence-corrected chi connectivity index (χ4v) is 4.48. The van der Waals surface area contributed by atoms with Gasteiger partial charge in [-0.05, 0) is 51.9 Å². The number of carbonyl (C=O) groups is 1. The molecule has 6 nitrogen and oxygen atoms in total. The van der Waals surface area contributed by atoms with Crippen LogP contribution >= 0.6 is 0 Å². The number of hydrogen-bond donors (Lipinski definition) is 1. The van der Waals surface area contributed by atoms with Crippen molar-refractivity contribution in [3.05, 3.63) is 30.1 Å². The van der Waals surface area contributed by atoms with Gasteiger partial charge in [0.15, 0.2) is 0 Å². The molecule has 3 heterocycles. The zero-order chi connectivity index (χ0) is 18.8. The van der Waals surface area contributed by atoms with Gasteiger partial charge < -0.3 is 15.1 Å². The summed E-state index contributed by atoms with van der Waals surface area (Å²) in [6.07, 6.45) is 9.21. The van der Waals surface area contributed by atoms with E-state index in [0.717, 1.165) is 31.6 Å². The number of likely N-dealkylation sites (tertiary alicyclic amines) is 1. The van der Waals surface area contributed by atoms with Gasteiger partial charge in [0.2, 0.25) is 5.91 Å². The average Bonchev–Trinajstić information content (AvgIpc) is 3.30. The van der Waals surface area contributed by atoms with Crippen molar-refractivity contribution in [2.24, 2.45) is 0 Å². The maximum atomic E-state index is 12.3. The maximum Gasteiger partial charge on any atom is 0.236 e. The Hall–Kier alpha value is -2.08. The lowest BCUT2D eigenvalue weighted by atomic mass is 9.93. The lowest BCUT2D eigenvalue weighted by Crippen LogP contribution is -2.42. The van der Waals surface area contributed by atoms with Crippen LogP contribution in [0.5, 0.6) is 0 Å². The summed E-state index contributed by atoms with van der Waals surface area (Å²) in [5.41, 5.74) is 2.20. The number of carbonyl (C=O) groups excluding carboxylic acids is 1. The summed E-state index contributed by atoms with van der Waals surface area (Å²) in [6.45, 7) is 2.15. The first kappa shape index (κ1) is 18.3. The Bertz CT molecular complexity index is 785. The van der Waals surface area contributed by atoms with E-state index in [9.17, 15) is 4.79 Å². The van der Waals surface area contributed by atoms with Crippen molar-refractivity contribution >= 4 is 17.4 Å². The van der Waals surface area contributed by atoms with Crippen LogP contribution in [-0.2, 0) is 4.79 Å². The molecule has 1 saturated heterocycles. The number of nitrogens with one attached hydrogen (secondary N) is 1. The Balaban J connectivity index is 1.52. The highest BCUT2D eigenvalue weighted by Gasteiger charge is 2.29. The summed E-state index contributed by atoms with van der Waals surface area (Å²) in [7, 11) is 3.89. The first-order valence-electron chi connectivity index (χ1n) is 10.3. The van der Waals surface area contributed by atoms with Gasteiger partial charge in [0.1, 0.15) is 11.5 Å². The molecule has 0 radical (unpaired) electrons. The molecule has 2 aromatic heterocycles. The van der Waals surface area contributed by atoms with Crippen molar-refractivity contribution in [1.82, 2.24) is 19.2 Å². The summed E-state index contributed by atoms with van der Waals surface area (Å²) in [6, 6.07) is 6.76. The van der Waals surface area contributed by atoms with Gasteiger partial charge >= 0.3 is 0 Å². The van der Waals surface area contributed by atoms with Gasteiger partial charge in [-0.15, -0.1) is 0 Å². The van der Waals surface area contributed by atoms with Crippen molar-refractivity contribution in [3.63, 3.8) is 0 Å². The number of amides is 1. The zero-order valence-corrected chi connectivity index (χ0v) is 16.5. The van der Waals surface area contributed by atoms with E-state index in [1.165, 1.54) is 37.2 Å². The lowest BCUT2D eigenvalue weighted by molar-refractivity contribution is -0.132. The number of imidazole rings is 1. The van der Waals surface area contributed by atoms with E-state index >= 15 is 0 Å². The van der Waals surface area contributed by atoms with Crippen LogP contribution in [0, 0.1) is 0 Å². The lowest BCUT2D eigenvalue weighted by Gasteiger charge is -2.32. The second kappa shape index (κ2) is 7.89. The maximum absolute atomic E-state index is 12.3. The third-order valence-corrected chi connectivity index (χ3v) is 5.94. The van der Waals surface area contributed by atoms with Gasteiger partial charge in [0, 0.05) is 31.2 Å². The van der Waals surface area contributed by atoms with Gasteiger partial charge in [-0.1, -0.05) is 18.9 Å². The third-order valence-electron chi connectivity index (χ3n) is 5.94. The van der Waals surface area contributed by atoms with E-state index in [1.54, 1.807) is 0 Å². The Labute approximate surface area is 161 Å². The van der Waals surface area contributed by atoms with Crippen LogP contribution in [0.2, 0.25) is 0 Å². The first-order valence-corrected chi connectivity index (χ1v) is 10.3. The molecule has 2 aliphatic rings. The predicted octanol–water partition coefficient (Wildman–Crippen LogP) is 2.96. The number of aromatic nitrogens is 2. The standard InChI is InChI=1S/C21H31N5O/c1-24(2)15-19(27)25-13-10-16(11-14-25)20-21(22-17-7-3-4-8-17)26-12-6-5-9-18(26)23-20/h5-6,9,12,16-17,22H,3-4,7-8,10-11,13-15H2,1-2H3. The summed E-state index contributed by atoms with van der Waals surface area (Å²) < 4.78 is 2.21. The number of anilines is 1. The fourth-order valence-electron chi connectivity index (χ4n) is 4.48. The molecule has 6 heteroatoms. The molecule has 4 rings (SSSR count). The fraction of sp³-hybridized carbons (Fsp3) is 0.619. The molecule has 0 aromatic carbocycles. The van der Waals surface area contributed by atoms with Crippen molar-refractivity contribution in [2.45, 2.75) is 50.5 Å². The number of rotatable bonds is 5. The Morgan fingerprint density at radius 2 is 1.93 bits per heavy atom. The average molecular weight is 370 g/mol. The first-order chi connectivity index (χ1) is 13.1. The molecule has 1 saturated carbocycles. The number of nitrogens with zero attached hydrogens (tertiary/aromatic N) is 4. The SMILES string of the molecule is CN(C)CC(=O)N1CCC(c2nc3ccccn3c2NC2CCCC2)CC1. The van der Waals surface area contributed by atoms with Crippen LogP contribution in [0.3, 0.4) is 0 Å². The Morgan fingerprint density at radius 1 is 1.19 bits per heavy atom. The van der Waals surface area contributed by atoms with Gasteiger partial charge in [0.05, 0.1) is 12.2 Å². The summed E-state index contributed by atoms with van der Waals surface area (Å²) in [4.78, 5) is 21.3. The molecule has 1 amide bonds. The van der Waals surface area contributed by atoms with Crippen molar-refractivity contribution in [3.8, 4) is 0 Å². The molecule has 0 atom stereocenters. The van der Waals surface area contributed by atoms with Gasteiger partial charge in [0.25, 0.3) is 0 Å². The highest BCUT2D eigenvalue weighted by molar-refractivity contribution is 5.78. The number of hydrogen-bond acceptors (Lipinski definition) is 4. The number of fused-ring (bicyclic) bond motifs is 1. The Morgan fingerprint density at radius 3 is 2.63 bits per heavy atom. The van der Waals surface area contributed by atoms with Crippen molar-refractivity contribution in [2.75, 3.05) is 39.0 Å². The van der Waals surface area contributed by atoms with Crippen molar-refractivity contribution < 1.29 is 4.79 Å². The van der Waals surface area contributed by atoms with Crippen LogP contribution in [0.1, 0.15) is 50.1 Å². The summed E-state index contributed by atoms with van der Waals surface area (Å²) in [5.74, 6) is 1.82. The monoisotopic (exact) mass is 369 g/mol. The third kappa shape index (κ3) is 3.95. The highest BCUT2D eigenvalue weighted by atomic mass is 16.2. The minimum absolute atomic E-state index is 0.234. The normalized spacial score (nSPS) is 19.3. The van der Waals surface area contributed by atoms with Gasteiger partial charge in [-0.3, -0.25) is 9.20 Å². The van der Waals surface area contributed by atoms with E-state index in [2.05, 4.69) is 28.0 Å². The molecule has 2 aromatic rings. The molecule has 0 bridgehead atoms. The second-order valence-corrected chi connectivity index (χ2v) is 8.29. The smallest absolute Gasteiger partial charge is 0.236 e. The molecule has 27 heavy (non-hydrogen) atoms. The number of likely N-dealkylation sites (N-methyl/N-ethyl adjacent to an activating group) is 1. The second-order valence-electron chi connectivity index (χ2n) is 8.29. The minimum Gasteiger partial charge on any atom is -0.367 e. The van der Waals surface area contributed by atoms with E-state index in [0.29, 0.717) is 18.5 Å².